The van der Waals surface area contributed by atoms with Gasteiger partial charge in [-0.1, -0.05) is 24.3 Å². The van der Waals surface area contributed by atoms with E-state index in [-0.39, 0.29) is 24.3 Å². The topological polar surface area (TPSA) is 81.8 Å². The Morgan fingerprint density at radius 3 is 1.74 bits per heavy atom. The van der Waals surface area contributed by atoms with E-state index in [9.17, 15) is 14.4 Å². The van der Waals surface area contributed by atoms with Crippen molar-refractivity contribution in [1.82, 2.24) is 9.80 Å². The molecule has 166 valence electrons. The minimum atomic E-state index is -0.158. The maximum absolute atomic E-state index is 12.3. The first-order valence-corrected chi connectivity index (χ1v) is 10.4. The molecule has 0 spiro atoms. The number of benzene rings is 2. The van der Waals surface area contributed by atoms with E-state index >= 15 is 0 Å². The van der Waals surface area contributed by atoms with Crippen molar-refractivity contribution >= 4 is 29.1 Å². The molecule has 7 heteroatoms. The molecule has 7 nitrogen and oxygen atoms in total. The quantitative estimate of drug-likeness (QED) is 0.615. The molecular formula is C24H32N4O3. The minimum Gasteiger partial charge on any atom is -0.376 e. The van der Waals surface area contributed by atoms with Crippen LogP contribution < -0.4 is 10.6 Å². The van der Waals surface area contributed by atoms with Gasteiger partial charge in [0.25, 0.3) is 0 Å². The Morgan fingerprint density at radius 2 is 1.23 bits per heavy atom. The molecule has 0 atom stereocenters. The molecule has 0 aliphatic heterocycles. The molecule has 0 aromatic heterocycles. The SMILES string of the molecule is CN(C)C(=O)CCc1cccc(NCC(=O)Nc2cccc(CCC(=O)N(C)C)c2)c1. The lowest BCUT2D eigenvalue weighted by molar-refractivity contribution is -0.129. The molecule has 3 amide bonds. The average Bonchev–Trinajstić information content (AvgIpc) is 2.74. The maximum atomic E-state index is 12.3. The maximum Gasteiger partial charge on any atom is 0.243 e. The number of nitrogens with one attached hydrogen (secondary N) is 2. The van der Waals surface area contributed by atoms with Gasteiger partial charge in [-0.15, -0.1) is 0 Å². The second kappa shape index (κ2) is 11.7. The third-order valence-electron chi connectivity index (χ3n) is 4.84. The molecule has 0 saturated heterocycles. The van der Waals surface area contributed by atoms with E-state index in [4.69, 9.17) is 0 Å². The Hall–Kier alpha value is -3.35. The highest BCUT2D eigenvalue weighted by atomic mass is 16.2. The molecule has 0 unspecified atom stereocenters. The third-order valence-corrected chi connectivity index (χ3v) is 4.84. The fraction of sp³-hybridized carbons (Fsp3) is 0.375. The Balaban J connectivity index is 1.84. The van der Waals surface area contributed by atoms with Gasteiger partial charge in [0.2, 0.25) is 17.7 Å². The molecule has 0 heterocycles. The normalized spacial score (nSPS) is 10.3. The molecule has 2 aromatic carbocycles. The largest absolute Gasteiger partial charge is 0.376 e. The van der Waals surface area contributed by atoms with Crippen LogP contribution in [0, 0.1) is 0 Å². The highest BCUT2D eigenvalue weighted by molar-refractivity contribution is 5.93. The molecule has 0 aliphatic rings. The first-order chi connectivity index (χ1) is 14.7. The summed E-state index contributed by atoms with van der Waals surface area (Å²) in [6.45, 7) is 0.128. The van der Waals surface area contributed by atoms with Crippen molar-refractivity contribution in [2.24, 2.45) is 0 Å². The van der Waals surface area contributed by atoms with Crippen molar-refractivity contribution in [3.05, 3.63) is 59.7 Å². The highest BCUT2D eigenvalue weighted by Gasteiger charge is 2.08. The third kappa shape index (κ3) is 8.50. The Kier molecular flexibility index (Phi) is 9.06. The van der Waals surface area contributed by atoms with Crippen molar-refractivity contribution in [1.29, 1.82) is 0 Å². The van der Waals surface area contributed by atoms with Gasteiger partial charge in [-0.3, -0.25) is 14.4 Å². The second-order valence-corrected chi connectivity index (χ2v) is 7.88. The zero-order valence-electron chi connectivity index (χ0n) is 18.8. The van der Waals surface area contributed by atoms with E-state index in [2.05, 4.69) is 10.6 Å². The summed E-state index contributed by atoms with van der Waals surface area (Å²) >= 11 is 0. The van der Waals surface area contributed by atoms with Crippen LogP contribution in [0.1, 0.15) is 24.0 Å². The first-order valence-electron chi connectivity index (χ1n) is 10.4. The average molecular weight is 425 g/mol. The van der Waals surface area contributed by atoms with Gasteiger partial charge in [0.05, 0.1) is 6.54 Å². The van der Waals surface area contributed by atoms with E-state index in [1.54, 1.807) is 38.0 Å². The number of aryl methyl sites for hydroxylation is 2. The number of anilines is 2. The number of hydrogen-bond acceptors (Lipinski definition) is 4. The predicted octanol–water partition coefficient (Wildman–Crippen LogP) is 2.78. The lowest BCUT2D eigenvalue weighted by Crippen LogP contribution is -2.22. The summed E-state index contributed by atoms with van der Waals surface area (Å²) in [5.41, 5.74) is 3.58. The van der Waals surface area contributed by atoms with Crippen LogP contribution in [0.25, 0.3) is 0 Å². The minimum absolute atomic E-state index is 0.0759. The van der Waals surface area contributed by atoms with Crippen LogP contribution >= 0.6 is 0 Å². The van der Waals surface area contributed by atoms with E-state index in [1.807, 2.05) is 48.5 Å². The number of carbonyl (C=O) groups is 3. The number of hydrogen-bond donors (Lipinski definition) is 2. The molecule has 31 heavy (non-hydrogen) atoms. The van der Waals surface area contributed by atoms with Gasteiger partial charge in [0.15, 0.2) is 0 Å². The molecule has 0 aliphatic carbocycles. The van der Waals surface area contributed by atoms with Gasteiger partial charge < -0.3 is 20.4 Å². The van der Waals surface area contributed by atoms with Gasteiger partial charge in [-0.2, -0.15) is 0 Å². The van der Waals surface area contributed by atoms with Crippen molar-refractivity contribution in [3.8, 4) is 0 Å². The first kappa shape index (κ1) is 23.9. The summed E-state index contributed by atoms with van der Waals surface area (Å²) in [6.07, 6.45) is 2.17. The van der Waals surface area contributed by atoms with Crippen molar-refractivity contribution < 1.29 is 14.4 Å². The van der Waals surface area contributed by atoms with Crippen LogP contribution in [0.2, 0.25) is 0 Å². The van der Waals surface area contributed by atoms with E-state index in [1.165, 1.54) is 0 Å². The van der Waals surface area contributed by atoms with Gasteiger partial charge in [0, 0.05) is 52.4 Å². The second-order valence-electron chi connectivity index (χ2n) is 7.88. The monoisotopic (exact) mass is 424 g/mol. The molecule has 2 rings (SSSR count). The van der Waals surface area contributed by atoms with Crippen LogP contribution in [-0.4, -0.2) is 62.3 Å². The summed E-state index contributed by atoms with van der Waals surface area (Å²) in [6, 6.07) is 15.3. The van der Waals surface area contributed by atoms with Gasteiger partial charge in [-0.25, -0.2) is 0 Å². The van der Waals surface area contributed by atoms with Crippen LogP contribution in [0.4, 0.5) is 11.4 Å². The lowest BCUT2D eigenvalue weighted by atomic mass is 10.1. The molecule has 0 saturated carbocycles. The van der Waals surface area contributed by atoms with Crippen molar-refractivity contribution in [2.45, 2.75) is 25.7 Å². The highest BCUT2D eigenvalue weighted by Crippen LogP contribution is 2.14. The van der Waals surface area contributed by atoms with E-state index < -0.39 is 0 Å². The molecule has 0 radical (unpaired) electrons. The summed E-state index contributed by atoms with van der Waals surface area (Å²) in [7, 11) is 6.98. The van der Waals surface area contributed by atoms with E-state index in [0.717, 1.165) is 16.8 Å². The standard InChI is InChI=1S/C24H32N4O3/c1-27(2)23(30)13-11-18-7-5-9-20(15-18)25-17-22(29)26-21-10-6-8-19(16-21)12-14-24(31)28(3)4/h5-10,15-16,25H,11-14,17H2,1-4H3,(H,26,29). The fourth-order valence-electron chi connectivity index (χ4n) is 2.98. The van der Waals surface area contributed by atoms with Crippen molar-refractivity contribution in [2.75, 3.05) is 45.4 Å². The summed E-state index contributed by atoms with van der Waals surface area (Å²) in [4.78, 5) is 39.0. The molecule has 2 N–H and O–H groups in total. The van der Waals surface area contributed by atoms with Gasteiger partial charge >= 0.3 is 0 Å². The Bertz CT molecular complexity index is 909. The molecule has 0 bridgehead atoms. The zero-order chi connectivity index (χ0) is 22.8. The summed E-state index contributed by atoms with van der Waals surface area (Å²) < 4.78 is 0. The van der Waals surface area contributed by atoms with Crippen LogP contribution in [0.5, 0.6) is 0 Å². The van der Waals surface area contributed by atoms with Crippen LogP contribution in [-0.2, 0) is 27.2 Å². The molecule has 0 fully saturated rings. The number of carbonyl (C=O) groups excluding carboxylic acids is 3. The van der Waals surface area contributed by atoms with Crippen LogP contribution in [0.15, 0.2) is 48.5 Å². The Morgan fingerprint density at radius 1 is 0.742 bits per heavy atom. The predicted molar refractivity (Wildman–Crippen MR) is 124 cm³/mol. The van der Waals surface area contributed by atoms with Gasteiger partial charge in [-0.05, 0) is 48.2 Å². The molecular weight excluding hydrogens is 392 g/mol. The Labute approximate surface area is 184 Å². The van der Waals surface area contributed by atoms with Crippen LogP contribution in [0.3, 0.4) is 0 Å². The van der Waals surface area contributed by atoms with E-state index in [0.29, 0.717) is 31.4 Å². The summed E-state index contributed by atoms with van der Waals surface area (Å²) in [5, 5.41) is 6.01. The van der Waals surface area contributed by atoms with Gasteiger partial charge in [0.1, 0.15) is 0 Å². The fourth-order valence-corrected chi connectivity index (χ4v) is 2.98. The number of amides is 3. The lowest BCUT2D eigenvalue weighted by Gasteiger charge is -2.12. The zero-order valence-corrected chi connectivity index (χ0v) is 18.8. The smallest absolute Gasteiger partial charge is 0.243 e. The number of nitrogens with zero attached hydrogens (tertiary/aromatic N) is 2. The number of rotatable bonds is 10. The van der Waals surface area contributed by atoms with Crippen molar-refractivity contribution in [3.63, 3.8) is 0 Å². The summed E-state index contributed by atoms with van der Waals surface area (Å²) in [5.74, 6) is 0.00714. The molecule has 2 aromatic rings.